The lowest BCUT2D eigenvalue weighted by Gasteiger charge is -2.27. The lowest BCUT2D eigenvalue weighted by Crippen LogP contribution is -2.44. The fourth-order valence-corrected chi connectivity index (χ4v) is 1.91. The van der Waals surface area contributed by atoms with Crippen LogP contribution in [0.3, 0.4) is 0 Å². The van der Waals surface area contributed by atoms with Crippen molar-refractivity contribution < 1.29 is 9.13 Å². The maximum Gasteiger partial charge on any atom is 0.149 e. The molecule has 1 fully saturated rings. The summed E-state index contributed by atoms with van der Waals surface area (Å²) in [6, 6.07) is 3.81. The van der Waals surface area contributed by atoms with Gasteiger partial charge in [0.25, 0.3) is 0 Å². The number of hydrogen-bond donors (Lipinski definition) is 1. The van der Waals surface area contributed by atoms with Gasteiger partial charge in [0.15, 0.2) is 0 Å². The molecule has 1 aliphatic heterocycles. The van der Waals surface area contributed by atoms with Crippen LogP contribution in [0.4, 0.5) is 4.39 Å². The van der Waals surface area contributed by atoms with E-state index in [2.05, 4.69) is 24.1 Å². The van der Waals surface area contributed by atoms with Crippen molar-refractivity contribution in [1.82, 2.24) is 10.3 Å². The normalized spacial score (nSPS) is 24.9. The number of nitrogens with zero attached hydrogens (tertiary/aromatic N) is 1. The SMILES string of the molecule is CC(C)c1ccc(O[C@@H]2CCNC[C@@H]2F)cn1. The summed E-state index contributed by atoms with van der Waals surface area (Å²) in [6.45, 7) is 5.37. The van der Waals surface area contributed by atoms with Gasteiger partial charge < -0.3 is 10.1 Å². The molecule has 0 amide bonds. The summed E-state index contributed by atoms with van der Waals surface area (Å²) in [4.78, 5) is 4.31. The minimum absolute atomic E-state index is 0.344. The molecule has 17 heavy (non-hydrogen) atoms. The maximum absolute atomic E-state index is 13.5. The lowest BCUT2D eigenvalue weighted by molar-refractivity contribution is 0.0728. The van der Waals surface area contributed by atoms with E-state index in [1.165, 1.54) is 0 Å². The Morgan fingerprint density at radius 1 is 1.47 bits per heavy atom. The Kier molecular flexibility index (Phi) is 3.94. The van der Waals surface area contributed by atoms with Gasteiger partial charge in [-0.15, -0.1) is 0 Å². The van der Waals surface area contributed by atoms with Crippen LogP contribution in [0.25, 0.3) is 0 Å². The molecule has 1 aromatic rings. The van der Waals surface area contributed by atoms with Crippen molar-refractivity contribution in [3.63, 3.8) is 0 Å². The van der Waals surface area contributed by atoms with E-state index in [0.717, 1.165) is 12.2 Å². The van der Waals surface area contributed by atoms with Crippen LogP contribution in [0.5, 0.6) is 5.75 Å². The van der Waals surface area contributed by atoms with Gasteiger partial charge >= 0.3 is 0 Å². The smallest absolute Gasteiger partial charge is 0.149 e. The average molecular weight is 238 g/mol. The first-order valence-corrected chi connectivity index (χ1v) is 6.14. The Balaban J connectivity index is 1.98. The van der Waals surface area contributed by atoms with Crippen LogP contribution in [0.2, 0.25) is 0 Å². The van der Waals surface area contributed by atoms with Gasteiger partial charge in [-0.3, -0.25) is 4.98 Å². The zero-order valence-electron chi connectivity index (χ0n) is 10.3. The first-order valence-electron chi connectivity index (χ1n) is 6.14. The number of pyridine rings is 1. The zero-order valence-corrected chi connectivity index (χ0v) is 10.3. The Labute approximate surface area is 101 Å². The van der Waals surface area contributed by atoms with Crippen molar-refractivity contribution in [2.45, 2.75) is 38.5 Å². The number of aromatic nitrogens is 1. The molecule has 0 aliphatic carbocycles. The molecular formula is C13H19FN2O. The summed E-state index contributed by atoms with van der Waals surface area (Å²) in [6.07, 6.45) is 1.11. The van der Waals surface area contributed by atoms with Crippen LogP contribution < -0.4 is 10.1 Å². The summed E-state index contributed by atoms with van der Waals surface area (Å²) in [5.74, 6) is 1.06. The molecule has 0 spiro atoms. The predicted molar refractivity (Wildman–Crippen MR) is 65.1 cm³/mol. The van der Waals surface area contributed by atoms with E-state index in [0.29, 0.717) is 24.6 Å². The Morgan fingerprint density at radius 3 is 2.88 bits per heavy atom. The Hall–Kier alpha value is -1.16. The highest BCUT2D eigenvalue weighted by atomic mass is 19.1. The highest BCUT2D eigenvalue weighted by Gasteiger charge is 2.26. The van der Waals surface area contributed by atoms with E-state index in [9.17, 15) is 4.39 Å². The first kappa shape index (κ1) is 12.3. The molecule has 0 radical (unpaired) electrons. The van der Waals surface area contributed by atoms with Gasteiger partial charge in [-0.1, -0.05) is 13.8 Å². The van der Waals surface area contributed by atoms with Crippen LogP contribution in [-0.4, -0.2) is 30.3 Å². The van der Waals surface area contributed by atoms with Crippen molar-refractivity contribution in [2.24, 2.45) is 0 Å². The van der Waals surface area contributed by atoms with Gasteiger partial charge in [-0.2, -0.15) is 0 Å². The second-order valence-corrected chi connectivity index (χ2v) is 4.74. The van der Waals surface area contributed by atoms with Gasteiger partial charge in [0.2, 0.25) is 0 Å². The van der Waals surface area contributed by atoms with Crippen molar-refractivity contribution in [2.75, 3.05) is 13.1 Å². The fraction of sp³-hybridized carbons (Fsp3) is 0.615. The number of nitrogens with one attached hydrogen (secondary N) is 1. The average Bonchev–Trinajstić information content (AvgIpc) is 2.33. The largest absolute Gasteiger partial charge is 0.486 e. The molecule has 4 heteroatoms. The van der Waals surface area contributed by atoms with Crippen molar-refractivity contribution in [3.05, 3.63) is 24.0 Å². The van der Waals surface area contributed by atoms with E-state index in [1.54, 1.807) is 6.20 Å². The van der Waals surface area contributed by atoms with Crippen LogP contribution in [0.15, 0.2) is 18.3 Å². The quantitative estimate of drug-likeness (QED) is 0.877. The molecule has 1 N–H and O–H groups in total. The summed E-state index contributed by atoms with van der Waals surface area (Å²) >= 11 is 0. The topological polar surface area (TPSA) is 34.1 Å². The Morgan fingerprint density at radius 2 is 2.29 bits per heavy atom. The first-order chi connectivity index (χ1) is 8.16. The molecule has 94 valence electrons. The van der Waals surface area contributed by atoms with Crippen LogP contribution in [-0.2, 0) is 0 Å². The summed E-state index contributed by atoms with van der Waals surface area (Å²) in [5, 5.41) is 3.00. The molecule has 0 saturated carbocycles. The van der Waals surface area contributed by atoms with Crippen LogP contribution >= 0.6 is 0 Å². The molecule has 3 nitrogen and oxygen atoms in total. The zero-order chi connectivity index (χ0) is 12.3. The molecule has 1 aliphatic rings. The highest BCUT2D eigenvalue weighted by Crippen LogP contribution is 2.19. The number of hydrogen-bond acceptors (Lipinski definition) is 3. The second-order valence-electron chi connectivity index (χ2n) is 4.74. The third-order valence-corrected chi connectivity index (χ3v) is 2.99. The molecule has 2 rings (SSSR count). The number of rotatable bonds is 3. The maximum atomic E-state index is 13.5. The molecule has 0 aromatic carbocycles. The third kappa shape index (κ3) is 3.16. The van der Waals surface area contributed by atoms with Crippen molar-refractivity contribution in [1.29, 1.82) is 0 Å². The second kappa shape index (κ2) is 5.45. The molecule has 0 unspecified atom stereocenters. The van der Waals surface area contributed by atoms with E-state index in [-0.39, 0.29) is 6.10 Å². The van der Waals surface area contributed by atoms with Crippen LogP contribution in [0.1, 0.15) is 31.9 Å². The molecule has 1 saturated heterocycles. The van der Waals surface area contributed by atoms with Gasteiger partial charge in [0, 0.05) is 12.2 Å². The lowest BCUT2D eigenvalue weighted by atomic mass is 10.1. The third-order valence-electron chi connectivity index (χ3n) is 2.99. The molecule has 1 aromatic heterocycles. The molecular weight excluding hydrogens is 219 g/mol. The summed E-state index contributed by atoms with van der Waals surface area (Å²) in [5.41, 5.74) is 1.03. The number of halogens is 1. The van der Waals surface area contributed by atoms with E-state index >= 15 is 0 Å². The monoisotopic (exact) mass is 238 g/mol. The molecule has 2 atom stereocenters. The van der Waals surface area contributed by atoms with Crippen LogP contribution in [0, 0.1) is 0 Å². The minimum Gasteiger partial charge on any atom is -0.486 e. The van der Waals surface area contributed by atoms with Crippen molar-refractivity contribution in [3.8, 4) is 5.75 Å². The standard InChI is InChI=1S/C13H19FN2O/c1-9(2)12-4-3-10(7-16-12)17-13-5-6-15-8-11(13)14/h3-4,7,9,11,13,15H,5-6,8H2,1-2H3/t11-,13+/m0/s1. The van der Waals surface area contributed by atoms with E-state index in [4.69, 9.17) is 4.74 Å². The van der Waals surface area contributed by atoms with Crippen molar-refractivity contribution >= 4 is 0 Å². The fourth-order valence-electron chi connectivity index (χ4n) is 1.91. The van der Waals surface area contributed by atoms with E-state index in [1.807, 2.05) is 12.1 Å². The number of ether oxygens (including phenoxy) is 1. The van der Waals surface area contributed by atoms with Gasteiger partial charge in [0.1, 0.15) is 18.0 Å². The Bertz CT molecular complexity index is 353. The summed E-state index contributed by atoms with van der Waals surface area (Å²) in [7, 11) is 0. The van der Waals surface area contributed by atoms with E-state index < -0.39 is 6.17 Å². The van der Waals surface area contributed by atoms with Gasteiger partial charge in [-0.05, 0) is 31.0 Å². The number of alkyl halides is 1. The van der Waals surface area contributed by atoms with Gasteiger partial charge in [-0.25, -0.2) is 4.39 Å². The van der Waals surface area contributed by atoms with Gasteiger partial charge in [0.05, 0.1) is 6.20 Å². The molecule has 2 heterocycles. The summed E-state index contributed by atoms with van der Waals surface area (Å²) < 4.78 is 19.2. The highest BCUT2D eigenvalue weighted by molar-refractivity contribution is 5.21. The molecule has 0 bridgehead atoms. The minimum atomic E-state index is -0.937. The predicted octanol–water partition coefficient (Wildman–Crippen LogP) is 2.28. The number of piperidine rings is 1.